The van der Waals surface area contributed by atoms with Gasteiger partial charge in [-0.2, -0.15) is 0 Å². The molecule has 0 amide bonds. The van der Waals surface area contributed by atoms with Gasteiger partial charge in [-0.25, -0.2) is 0 Å². The van der Waals surface area contributed by atoms with Crippen molar-refractivity contribution in [3.63, 3.8) is 0 Å². The van der Waals surface area contributed by atoms with E-state index in [0.717, 1.165) is 11.1 Å². The molecule has 1 aromatic carbocycles. The zero-order valence-corrected chi connectivity index (χ0v) is 13.8. The van der Waals surface area contributed by atoms with E-state index in [9.17, 15) is 4.79 Å². The molecule has 124 valence electrons. The molecule has 3 heterocycles. The molecule has 0 radical (unpaired) electrons. The first kappa shape index (κ1) is 15.1. The van der Waals surface area contributed by atoms with Crippen LogP contribution in [0.2, 0.25) is 0 Å². The van der Waals surface area contributed by atoms with Gasteiger partial charge in [-0.1, -0.05) is 35.5 Å². The van der Waals surface area contributed by atoms with Crippen LogP contribution in [0.1, 0.15) is 0 Å². The summed E-state index contributed by atoms with van der Waals surface area (Å²) >= 11 is 0. The smallest absolute Gasteiger partial charge is 0.264 e. The van der Waals surface area contributed by atoms with Crippen molar-refractivity contribution in [3.8, 4) is 28.3 Å². The second-order valence-electron chi connectivity index (χ2n) is 5.64. The number of hydrogen-bond donors (Lipinski definition) is 0. The minimum atomic E-state index is -0.171. The molecule has 4 rings (SSSR count). The Morgan fingerprint density at radius 2 is 1.88 bits per heavy atom. The lowest BCUT2D eigenvalue weighted by atomic mass is 10.1. The van der Waals surface area contributed by atoms with Gasteiger partial charge in [-0.15, -0.1) is 0 Å². The maximum Gasteiger partial charge on any atom is 0.264 e. The van der Waals surface area contributed by atoms with Crippen LogP contribution in [0.4, 0.5) is 0 Å². The molecule has 0 saturated carbocycles. The van der Waals surface area contributed by atoms with Crippen LogP contribution < -0.4 is 10.3 Å². The molecule has 0 spiro atoms. The molecule has 0 atom stereocenters. The zero-order chi connectivity index (χ0) is 17.4. The fourth-order valence-corrected chi connectivity index (χ4v) is 2.85. The van der Waals surface area contributed by atoms with Crippen LogP contribution in [0.25, 0.3) is 33.5 Å². The highest BCUT2D eigenvalue weighted by atomic mass is 16.5. The van der Waals surface area contributed by atoms with Crippen LogP contribution >= 0.6 is 0 Å². The number of fused-ring (bicyclic) bond motifs is 1. The van der Waals surface area contributed by atoms with Gasteiger partial charge in [0, 0.05) is 30.4 Å². The van der Waals surface area contributed by atoms with Crippen molar-refractivity contribution in [3.05, 3.63) is 65.2 Å². The molecule has 0 aliphatic heterocycles. The van der Waals surface area contributed by atoms with Crippen LogP contribution in [0.3, 0.4) is 0 Å². The largest absolute Gasteiger partial charge is 0.495 e. The topological polar surface area (TPSA) is 70.2 Å². The molecular formula is C19H15N3O3. The lowest BCUT2D eigenvalue weighted by Gasteiger charge is -2.09. The number of aromatic nitrogens is 3. The van der Waals surface area contributed by atoms with E-state index in [1.54, 1.807) is 37.2 Å². The van der Waals surface area contributed by atoms with E-state index in [4.69, 9.17) is 9.26 Å². The molecule has 3 aromatic heterocycles. The van der Waals surface area contributed by atoms with Crippen molar-refractivity contribution in [1.29, 1.82) is 0 Å². The first-order valence-corrected chi connectivity index (χ1v) is 7.73. The molecular weight excluding hydrogens is 318 g/mol. The van der Waals surface area contributed by atoms with Gasteiger partial charge in [0.15, 0.2) is 5.58 Å². The van der Waals surface area contributed by atoms with Gasteiger partial charge < -0.3 is 13.8 Å². The summed E-state index contributed by atoms with van der Waals surface area (Å²) in [5.41, 5.74) is 3.11. The number of ether oxygens (including phenoxy) is 1. The summed E-state index contributed by atoms with van der Waals surface area (Å²) in [6.07, 6.45) is 3.29. The summed E-state index contributed by atoms with van der Waals surface area (Å²) in [4.78, 5) is 17.1. The number of nitrogens with zero attached hydrogens (tertiary/aromatic N) is 3. The van der Waals surface area contributed by atoms with Gasteiger partial charge in [0.2, 0.25) is 0 Å². The van der Waals surface area contributed by atoms with Crippen molar-refractivity contribution in [1.82, 2.24) is 14.7 Å². The van der Waals surface area contributed by atoms with E-state index in [1.165, 1.54) is 0 Å². The molecule has 0 aliphatic rings. The molecule has 25 heavy (non-hydrogen) atoms. The third-order valence-corrected chi connectivity index (χ3v) is 4.16. The van der Waals surface area contributed by atoms with E-state index in [-0.39, 0.29) is 5.56 Å². The van der Waals surface area contributed by atoms with E-state index < -0.39 is 0 Å². The lowest BCUT2D eigenvalue weighted by molar-refractivity contribution is 0.413. The van der Waals surface area contributed by atoms with Gasteiger partial charge >= 0.3 is 0 Å². The predicted octanol–water partition coefficient (Wildman–Crippen LogP) is 3.26. The molecule has 0 saturated heterocycles. The van der Waals surface area contributed by atoms with E-state index in [1.807, 2.05) is 36.4 Å². The Morgan fingerprint density at radius 3 is 2.64 bits per heavy atom. The molecule has 0 N–H and O–H groups in total. The fourth-order valence-electron chi connectivity index (χ4n) is 2.85. The summed E-state index contributed by atoms with van der Waals surface area (Å²) in [6, 6.07) is 13.1. The summed E-state index contributed by atoms with van der Waals surface area (Å²) in [5.74, 6) is 0.618. The molecule has 6 heteroatoms. The third kappa shape index (κ3) is 2.48. The second kappa shape index (κ2) is 5.90. The average molecular weight is 333 g/mol. The molecule has 4 aromatic rings. The van der Waals surface area contributed by atoms with Gasteiger partial charge in [0.05, 0.1) is 19.0 Å². The van der Waals surface area contributed by atoms with Crippen LogP contribution in [0.5, 0.6) is 5.75 Å². The van der Waals surface area contributed by atoms with Gasteiger partial charge in [-0.3, -0.25) is 9.78 Å². The summed E-state index contributed by atoms with van der Waals surface area (Å²) in [6.45, 7) is 0. The van der Waals surface area contributed by atoms with Crippen LogP contribution in [-0.2, 0) is 7.05 Å². The van der Waals surface area contributed by atoms with Crippen molar-refractivity contribution in [2.75, 3.05) is 7.11 Å². The maximum absolute atomic E-state index is 12.9. The monoisotopic (exact) mass is 333 g/mol. The Balaban J connectivity index is 1.96. The van der Waals surface area contributed by atoms with Gasteiger partial charge in [0.25, 0.3) is 5.56 Å². The van der Waals surface area contributed by atoms with E-state index >= 15 is 0 Å². The number of hydrogen-bond acceptors (Lipinski definition) is 5. The number of pyridine rings is 2. The molecule has 0 unspecified atom stereocenters. The SMILES string of the molecule is COc1cncc(-c2cc3onc(-c4ccccc4)c3c(=O)n2C)c1. The Bertz CT molecular complexity index is 1110. The van der Waals surface area contributed by atoms with Gasteiger partial charge in [-0.05, 0) is 6.07 Å². The predicted molar refractivity (Wildman–Crippen MR) is 94.5 cm³/mol. The first-order chi connectivity index (χ1) is 12.2. The third-order valence-electron chi connectivity index (χ3n) is 4.16. The minimum absolute atomic E-state index is 0.171. The van der Waals surface area contributed by atoms with Crippen LogP contribution in [0, 0.1) is 0 Å². The normalized spacial score (nSPS) is 11.0. The Kier molecular flexibility index (Phi) is 3.57. The summed E-state index contributed by atoms with van der Waals surface area (Å²) < 4.78 is 12.2. The Labute approximate surface area is 143 Å². The van der Waals surface area contributed by atoms with Crippen molar-refractivity contribution in [2.45, 2.75) is 0 Å². The first-order valence-electron chi connectivity index (χ1n) is 7.73. The number of rotatable bonds is 3. The molecule has 6 nitrogen and oxygen atoms in total. The minimum Gasteiger partial charge on any atom is -0.495 e. The quantitative estimate of drug-likeness (QED) is 0.575. The summed E-state index contributed by atoms with van der Waals surface area (Å²) in [5, 5.41) is 4.57. The number of methoxy groups -OCH3 is 1. The highest BCUT2D eigenvalue weighted by Gasteiger charge is 2.18. The fraction of sp³-hybridized carbons (Fsp3) is 0.105. The second-order valence-corrected chi connectivity index (χ2v) is 5.64. The average Bonchev–Trinajstić information content (AvgIpc) is 3.09. The zero-order valence-electron chi connectivity index (χ0n) is 13.8. The number of benzene rings is 1. The van der Waals surface area contributed by atoms with Crippen LogP contribution in [-0.4, -0.2) is 21.8 Å². The summed E-state index contributed by atoms with van der Waals surface area (Å²) in [7, 11) is 3.30. The van der Waals surface area contributed by atoms with Crippen molar-refractivity contribution < 1.29 is 9.26 Å². The highest BCUT2D eigenvalue weighted by molar-refractivity contribution is 5.92. The Morgan fingerprint density at radius 1 is 1.08 bits per heavy atom. The van der Waals surface area contributed by atoms with E-state index in [0.29, 0.717) is 28.1 Å². The Hall–Kier alpha value is -3.41. The van der Waals surface area contributed by atoms with E-state index in [2.05, 4.69) is 10.1 Å². The van der Waals surface area contributed by atoms with Crippen molar-refractivity contribution in [2.24, 2.45) is 7.05 Å². The standard InChI is InChI=1S/C19H15N3O3/c1-22-15(13-8-14(24-2)11-20-10-13)9-16-17(19(22)23)18(21-25-16)12-6-4-3-5-7-12/h3-11H,1-2H3. The van der Waals surface area contributed by atoms with Crippen molar-refractivity contribution >= 4 is 11.0 Å². The highest BCUT2D eigenvalue weighted by Crippen LogP contribution is 2.29. The lowest BCUT2D eigenvalue weighted by Crippen LogP contribution is -2.18. The maximum atomic E-state index is 12.9. The van der Waals surface area contributed by atoms with Gasteiger partial charge in [0.1, 0.15) is 16.8 Å². The molecule has 0 bridgehead atoms. The molecule has 0 aliphatic carbocycles. The molecule has 0 fully saturated rings. The van der Waals surface area contributed by atoms with Crippen LogP contribution in [0.15, 0.2) is 64.2 Å².